The first-order valence-electron chi connectivity index (χ1n) is 9.94. The lowest BCUT2D eigenvalue weighted by atomic mass is 10.2. The molecule has 0 fully saturated rings. The minimum absolute atomic E-state index is 0.0725. The summed E-state index contributed by atoms with van der Waals surface area (Å²) in [6.07, 6.45) is 2.85. The van der Waals surface area contributed by atoms with Crippen LogP contribution in [0.15, 0.2) is 18.3 Å². The molecule has 10 nitrogen and oxygen atoms in total. The number of nitrogens with two attached hydrogens (primary N) is 1. The molecule has 0 aliphatic heterocycles. The molecule has 0 radical (unpaired) electrons. The molecule has 0 aliphatic carbocycles. The van der Waals surface area contributed by atoms with Crippen molar-refractivity contribution in [1.82, 2.24) is 25.6 Å². The van der Waals surface area contributed by atoms with E-state index in [1.807, 2.05) is 31.9 Å². The number of primary amides is 1. The van der Waals surface area contributed by atoms with Gasteiger partial charge in [0.1, 0.15) is 0 Å². The minimum atomic E-state index is -0.646. The van der Waals surface area contributed by atoms with Gasteiger partial charge >= 0.3 is 0 Å². The first kappa shape index (κ1) is 23.0. The van der Waals surface area contributed by atoms with Crippen molar-refractivity contribution < 1.29 is 9.59 Å². The van der Waals surface area contributed by atoms with Crippen molar-refractivity contribution in [2.75, 3.05) is 43.9 Å². The molecule has 0 aromatic carbocycles. The summed E-state index contributed by atoms with van der Waals surface area (Å²) in [4.78, 5) is 38.9. The zero-order valence-corrected chi connectivity index (χ0v) is 18.0. The molecule has 162 valence electrons. The zero-order valence-electron chi connectivity index (χ0n) is 18.0. The van der Waals surface area contributed by atoms with Crippen molar-refractivity contribution in [1.29, 1.82) is 0 Å². The molecule has 2 rings (SSSR count). The highest BCUT2D eigenvalue weighted by molar-refractivity contribution is 5.96. The van der Waals surface area contributed by atoms with Crippen LogP contribution in [0.1, 0.15) is 35.7 Å². The van der Waals surface area contributed by atoms with Crippen LogP contribution in [-0.2, 0) is 17.6 Å². The lowest BCUT2D eigenvalue weighted by Gasteiger charge is -2.20. The Balaban J connectivity index is 2.24. The number of carbonyl (C=O) groups is 2. The van der Waals surface area contributed by atoms with Crippen LogP contribution < -0.4 is 26.6 Å². The predicted octanol–water partition coefficient (Wildman–Crippen LogP) is 0.611. The van der Waals surface area contributed by atoms with Crippen LogP contribution in [0.4, 0.5) is 17.3 Å². The number of likely N-dealkylation sites (N-methyl/N-ethyl adjacent to an activating group) is 1. The molecule has 30 heavy (non-hydrogen) atoms. The Morgan fingerprint density at radius 2 is 2.00 bits per heavy atom. The molecule has 5 N–H and O–H groups in total. The van der Waals surface area contributed by atoms with Crippen LogP contribution in [0.2, 0.25) is 0 Å². The highest BCUT2D eigenvalue weighted by Crippen LogP contribution is 2.24. The third-order valence-electron chi connectivity index (χ3n) is 4.47. The summed E-state index contributed by atoms with van der Waals surface area (Å²) in [7, 11) is 3.64. The summed E-state index contributed by atoms with van der Waals surface area (Å²) in [5.74, 6) is 0.284. The smallest absolute Gasteiger partial charge is 0.271 e. The van der Waals surface area contributed by atoms with E-state index < -0.39 is 5.91 Å². The summed E-state index contributed by atoms with van der Waals surface area (Å²) in [6.45, 7) is 5.46. The summed E-state index contributed by atoms with van der Waals surface area (Å²) < 4.78 is 0. The summed E-state index contributed by atoms with van der Waals surface area (Å²) in [5.41, 5.74) is 7.84. The van der Waals surface area contributed by atoms with E-state index in [1.54, 1.807) is 19.3 Å². The molecular weight excluding hydrogens is 384 g/mol. The van der Waals surface area contributed by atoms with Gasteiger partial charge in [0.05, 0.1) is 12.2 Å². The lowest BCUT2D eigenvalue weighted by Crippen LogP contribution is -2.33. The number of aromatic nitrogens is 3. The molecule has 2 aromatic heterocycles. The summed E-state index contributed by atoms with van der Waals surface area (Å²) in [6, 6.07) is 3.61. The average Bonchev–Trinajstić information content (AvgIpc) is 2.73. The van der Waals surface area contributed by atoms with Crippen molar-refractivity contribution in [2.24, 2.45) is 5.73 Å². The van der Waals surface area contributed by atoms with Gasteiger partial charge in [-0.25, -0.2) is 9.97 Å². The van der Waals surface area contributed by atoms with Gasteiger partial charge in [-0.3, -0.25) is 14.6 Å². The Hall–Kier alpha value is -3.27. The lowest BCUT2D eigenvalue weighted by molar-refractivity contribution is -0.120. The summed E-state index contributed by atoms with van der Waals surface area (Å²) in [5, 5.41) is 8.76. The van der Waals surface area contributed by atoms with Crippen molar-refractivity contribution >= 4 is 29.1 Å². The van der Waals surface area contributed by atoms with Crippen LogP contribution >= 0.6 is 0 Å². The van der Waals surface area contributed by atoms with Crippen molar-refractivity contribution in [3.05, 3.63) is 35.4 Å². The van der Waals surface area contributed by atoms with E-state index in [9.17, 15) is 9.59 Å². The summed E-state index contributed by atoms with van der Waals surface area (Å²) >= 11 is 0. The fraction of sp³-hybridized carbons (Fsp3) is 0.450. The molecule has 0 aliphatic rings. The maximum absolute atomic E-state index is 12.0. The molecular formula is C20H30N8O2. The maximum atomic E-state index is 12.0. The van der Waals surface area contributed by atoms with E-state index >= 15 is 0 Å². The number of nitrogens with zero attached hydrogens (tertiary/aromatic N) is 4. The third kappa shape index (κ3) is 6.11. The molecule has 2 amide bonds. The topological polar surface area (TPSA) is 138 Å². The molecule has 0 atom stereocenters. The van der Waals surface area contributed by atoms with Crippen molar-refractivity contribution in [3.63, 3.8) is 0 Å². The molecule has 0 saturated carbocycles. The number of aryl methyl sites for hydroxylation is 1. The fourth-order valence-corrected chi connectivity index (χ4v) is 2.80. The van der Waals surface area contributed by atoms with Crippen LogP contribution in [0.25, 0.3) is 0 Å². The molecule has 0 bridgehead atoms. The Morgan fingerprint density at radius 1 is 1.23 bits per heavy atom. The zero-order chi connectivity index (χ0) is 22.1. The van der Waals surface area contributed by atoms with Crippen LogP contribution in [0.3, 0.4) is 0 Å². The molecule has 0 unspecified atom stereocenters. The minimum Gasteiger partial charge on any atom is -0.364 e. The Labute approximate surface area is 176 Å². The molecule has 0 spiro atoms. The number of rotatable bonds is 11. The Bertz CT molecular complexity index is 887. The second-order valence-corrected chi connectivity index (χ2v) is 6.71. The number of anilines is 3. The molecule has 2 aromatic rings. The second kappa shape index (κ2) is 11.1. The molecule has 10 heteroatoms. The van der Waals surface area contributed by atoms with Crippen LogP contribution in [-0.4, -0.2) is 60.5 Å². The predicted molar refractivity (Wildman–Crippen MR) is 117 cm³/mol. The second-order valence-electron chi connectivity index (χ2n) is 6.71. The van der Waals surface area contributed by atoms with Crippen molar-refractivity contribution in [2.45, 2.75) is 26.7 Å². The van der Waals surface area contributed by atoms with E-state index in [1.165, 1.54) is 0 Å². The normalized spacial score (nSPS) is 10.5. The maximum Gasteiger partial charge on any atom is 0.271 e. The van der Waals surface area contributed by atoms with Gasteiger partial charge in [0.2, 0.25) is 5.91 Å². The molecule has 2 heterocycles. The number of amides is 2. The highest BCUT2D eigenvalue weighted by atomic mass is 16.2. The van der Waals surface area contributed by atoms with E-state index in [0.717, 1.165) is 12.2 Å². The quantitative estimate of drug-likeness (QED) is 0.420. The van der Waals surface area contributed by atoms with Gasteiger partial charge in [-0.05, 0) is 32.5 Å². The van der Waals surface area contributed by atoms with Gasteiger partial charge in [-0.1, -0.05) is 6.92 Å². The monoisotopic (exact) mass is 414 g/mol. The fourth-order valence-electron chi connectivity index (χ4n) is 2.80. The number of hydrogen-bond donors (Lipinski definition) is 4. The van der Waals surface area contributed by atoms with Gasteiger partial charge in [-0.15, -0.1) is 0 Å². The number of pyridine rings is 1. The standard InChI is InChI=1S/C20H30N8O2/c1-5-15-20(28(4)6-2)27-19(17(26-15)18(21)30)25-14-8-9-23-13(11-14)7-10-24-16(29)12-22-3/h8-9,11,22H,5-7,10,12H2,1-4H3,(H2,21,30)(H,24,29)(H,23,25,27). The van der Waals surface area contributed by atoms with Gasteiger partial charge in [0.25, 0.3) is 5.91 Å². The van der Waals surface area contributed by atoms with Gasteiger partial charge in [0, 0.05) is 44.1 Å². The van der Waals surface area contributed by atoms with E-state index in [4.69, 9.17) is 5.73 Å². The van der Waals surface area contributed by atoms with Gasteiger partial charge in [-0.2, -0.15) is 0 Å². The van der Waals surface area contributed by atoms with E-state index in [2.05, 4.69) is 30.9 Å². The number of nitrogens with one attached hydrogen (secondary N) is 3. The first-order chi connectivity index (χ1) is 14.4. The first-order valence-corrected chi connectivity index (χ1v) is 9.94. The SMILES string of the molecule is CCc1nc(C(N)=O)c(Nc2ccnc(CCNC(=O)CNC)c2)nc1N(C)CC. The third-order valence-corrected chi connectivity index (χ3v) is 4.47. The van der Waals surface area contributed by atoms with Gasteiger partial charge in [0.15, 0.2) is 17.3 Å². The van der Waals surface area contributed by atoms with E-state index in [-0.39, 0.29) is 18.1 Å². The van der Waals surface area contributed by atoms with E-state index in [0.29, 0.717) is 42.4 Å². The van der Waals surface area contributed by atoms with Gasteiger partial charge < -0.3 is 26.6 Å². The van der Waals surface area contributed by atoms with Crippen molar-refractivity contribution in [3.8, 4) is 0 Å². The largest absolute Gasteiger partial charge is 0.364 e. The van der Waals surface area contributed by atoms with Crippen LogP contribution in [0.5, 0.6) is 0 Å². The highest BCUT2D eigenvalue weighted by Gasteiger charge is 2.19. The Morgan fingerprint density at radius 3 is 2.63 bits per heavy atom. The Kier molecular flexibility index (Phi) is 8.48. The number of hydrogen-bond acceptors (Lipinski definition) is 8. The number of carbonyl (C=O) groups excluding carboxylic acids is 2. The molecule has 0 saturated heterocycles. The van der Waals surface area contributed by atoms with Crippen LogP contribution in [0, 0.1) is 0 Å². The average molecular weight is 415 g/mol.